The smallest absolute Gasteiger partial charge is 0.291 e. The van der Waals surface area contributed by atoms with E-state index in [1.165, 1.54) is 19.2 Å². The summed E-state index contributed by atoms with van der Waals surface area (Å²) >= 11 is 0. The number of rotatable bonds is 5. The molecule has 0 saturated carbocycles. The highest BCUT2D eigenvalue weighted by atomic mass is 32.2. The van der Waals surface area contributed by atoms with Crippen molar-refractivity contribution in [1.82, 2.24) is 4.72 Å². The van der Waals surface area contributed by atoms with Gasteiger partial charge < -0.3 is 14.6 Å². The van der Waals surface area contributed by atoms with E-state index in [1.54, 1.807) is 12.1 Å². The van der Waals surface area contributed by atoms with Crippen molar-refractivity contribution in [2.45, 2.75) is 5.09 Å². The van der Waals surface area contributed by atoms with Crippen LogP contribution in [0.2, 0.25) is 0 Å². The third-order valence-electron chi connectivity index (χ3n) is 2.98. The van der Waals surface area contributed by atoms with E-state index in [2.05, 4.69) is 10.0 Å². The highest BCUT2D eigenvalue weighted by Gasteiger charge is 2.19. The van der Waals surface area contributed by atoms with Gasteiger partial charge in [0, 0.05) is 25.5 Å². The van der Waals surface area contributed by atoms with Gasteiger partial charge in [-0.25, -0.2) is 13.1 Å². The first-order valence-electron chi connectivity index (χ1n) is 6.45. The summed E-state index contributed by atoms with van der Waals surface area (Å²) in [7, 11) is 1.40. The SMILES string of the molecule is CNS(=O)(=O)c1ccc(C(=O)Nc2ccc(N(C)C)cc2)o1. The Hall–Kier alpha value is -2.32. The van der Waals surface area contributed by atoms with Gasteiger partial charge in [0.15, 0.2) is 5.76 Å². The summed E-state index contributed by atoms with van der Waals surface area (Å²) < 4.78 is 30.3. The maximum atomic E-state index is 12.0. The summed E-state index contributed by atoms with van der Waals surface area (Å²) in [5.41, 5.74) is 1.59. The normalized spacial score (nSPS) is 11.2. The van der Waals surface area contributed by atoms with Crippen LogP contribution in [0.4, 0.5) is 11.4 Å². The second kappa shape index (κ2) is 6.20. The van der Waals surface area contributed by atoms with Crippen LogP contribution in [0.25, 0.3) is 0 Å². The molecule has 0 atom stereocenters. The average molecular weight is 323 g/mol. The molecule has 0 aliphatic heterocycles. The zero-order valence-corrected chi connectivity index (χ0v) is 13.3. The number of amides is 1. The molecule has 0 aliphatic carbocycles. The lowest BCUT2D eigenvalue weighted by atomic mass is 10.2. The Morgan fingerprint density at radius 2 is 1.73 bits per heavy atom. The Morgan fingerprint density at radius 3 is 2.27 bits per heavy atom. The Labute approximate surface area is 129 Å². The lowest BCUT2D eigenvalue weighted by Gasteiger charge is -2.12. The molecule has 0 saturated heterocycles. The minimum Gasteiger partial charge on any atom is -0.438 e. The molecular formula is C14H17N3O4S. The summed E-state index contributed by atoms with van der Waals surface area (Å²) in [4.78, 5) is 14.0. The molecule has 1 heterocycles. The number of anilines is 2. The first-order valence-corrected chi connectivity index (χ1v) is 7.94. The highest BCUT2D eigenvalue weighted by Crippen LogP contribution is 2.18. The van der Waals surface area contributed by atoms with E-state index in [9.17, 15) is 13.2 Å². The van der Waals surface area contributed by atoms with Crippen LogP contribution in [0.15, 0.2) is 45.9 Å². The molecule has 8 heteroatoms. The number of nitrogens with one attached hydrogen (secondary N) is 2. The van der Waals surface area contributed by atoms with Gasteiger partial charge in [-0.15, -0.1) is 0 Å². The summed E-state index contributed by atoms with van der Waals surface area (Å²) in [6.07, 6.45) is 0. The van der Waals surface area contributed by atoms with Crippen LogP contribution in [-0.4, -0.2) is 35.5 Å². The first-order chi connectivity index (χ1) is 10.3. The van der Waals surface area contributed by atoms with E-state index in [0.717, 1.165) is 5.69 Å². The minimum atomic E-state index is -3.70. The van der Waals surface area contributed by atoms with Crippen LogP contribution in [0.3, 0.4) is 0 Å². The van der Waals surface area contributed by atoms with Crippen LogP contribution in [0.1, 0.15) is 10.6 Å². The van der Waals surface area contributed by atoms with E-state index in [-0.39, 0.29) is 10.9 Å². The summed E-state index contributed by atoms with van der Waals surface area (Å²) in [5, 5.41) is 2.34. The fourth-order valence-electron chi connectivity index (χ4n) is 1.72. The Morgan fingerprint density at radius 1 is 1.09 bits per heavy atom. The lowest BCUT2D eigenvalue weighted by molar-refractivity contribution is 0.0991. The minimum absolute atomic E-state index is 0.0782. The van der Waals surface area contributed by atoms with Gasteiger partial charge >= 0.3 is 0 Å². The van der Waals surface area contributed by atoms with Crippen molar-refractivity contribution in [1.29, 1.82) is 0 Å². The van der Waals surface area contributed by atoms with Crippen LogP contribution >= 0.6 is 0 Å². The van der Waals surface area contributed by atoms with Crippen molar-refractivity contribution in [3.63, 3.8) is 0 Å². The number of nitrogens with zero attached hydrogens (tertiary/aromatic N) is 1. The van der Waals surface area contributed by atoms with Gasteiger partial charge in [0.25, 0.3) is 15.9 Å². The zero-order valence-electron chi connectivity index (χ0n) is 12.5. The van der Waals surface area contributed by atoms with E-state index in [4.69, 9.17) is 4.42 Å². The third-order valence-corrected chi connectivity index (χ3v) is 4.27. The van der Waals surface area contributed by atoms with Crippen LogP contribution < -0.4 is 14.9 Å². The highest BCUT2D eigenvalue weighted by molar-refractivity contribution is 7.89. The van der Waals surface area contributed by atoms with E-state index in [0.29, 0.717) is 5.69 Å². The molecule has 0 fully saturated rings. The topological polar surface area (TPSA) is 91.6 Å². The molecule has 1 aromatic carbocycles. The molecule has 0 unspecified atom stereocenters. The molecule has 1 amide bonds. The third kappa shape index (κ3) is 3.46. The molecule has 0 aliphatic rings. The van der Waals surface area contributed by atoms with Gasteiger partial charge in [-0.2, -0.15) is 0 Å². The monoisotopic (exact) mass is 323 g/mol. The number of furan rings is 1. The molecule has 2 rings (SSSR count). The quantitative estimate of drug-likeness (QED) is 0.870. The van der Waals surface area contributed by atoms with Crippen LogP contribution in [0.5, 0.6) is 0 Å². The van der Waals surface area contributed by atoms with E-state index >= 15 is 0 Å². The van der Waals surface area contributed by atoms with Gasteiger partial charge in [-0.05, 0) is 43.4 Å². The Balaban J connectivity index is 2.13. The summed E-state index contributed by atoms with van der Waals surface area (Å²) in [6, 6.07) is 9.76. The first kappa shape index (κ1) is 16.1. The van der Waals surface area contributed by atoms with Gasteiger partial charge in [0.1, 0.15) is 0 Å². The molecule has 2 aromatic rings. The van der Waals surface area contributed by atoms with E-state index in [1.807, 2.05) is 31.1 Å². The standard InChI is InChI=1S/C14H17N3O4S/c1-15-22(19,20)13-9-8-12(21-13)14(18)16-10-4-6-11(7-5-10)17(2)3/h4-9,15H,1-3H3,(H,16,18). The van der Waals surface area contributed by atoms with Crippen molar-refractivity contribution >= 4 is 27.3 Å². The molecule has 118 valence electrons. The molecule has 7 nitrogen and oxygen atoms in total. The number of hydrogen-bond acceptors (Lipinski definition) is 5. The van der Waals surface area contributed by atoms with Crippen molar-refractivity contribution < 1.29 is 17.6 Å². The second-order valence-electron chi connectivity index (χ2n) is 4.72. The largest absolute Gasteiger partial charge is 0.438 e. The number of sulfonamides is 1. The zero-order chi connectivity index (χ0) is 16.3. The predicted octanol–water partition coefficient (Wildman–Crippen LogP) is 1.51. The fourth-order valence-corrected chi connectivity index (χ4v) is 2.37. The van der Waals surface area contributed by atoms with Crippen molar-refractivity contribution in [2.75, 3.05) is 31.4 Å². The number of carbonyl (C=O) groups is 1. The summed E-state index contributed by atoms with van der Waals surface area (Å²) in [6.45, 7) is 0. The Kier molecular flexibility index (Phi) is 4.53. The molecular weight excluding hydrogens is 306 g/mol. The lowest BCUT2D eigenvalue weighted by Crippen LogP contribution is -2.18. The number of hydrogen-bond donors (Lipinski definition) is 2. The molecule has 0 bridgehead atoms. The van der Waals surface area contributed by atoms with Gasteiger partial charge in [-0.1, -0.05) is 0 Å². The van der Waals surface area contributed by atoms with Gasteiger partial charge in [0.05, 0.1) is 0 Å². The van der Waals surface area contributed by atoms with Crippen LogP contribution in [-0.2, 0) is 10.0 Å². The predicted molar refractivity (Wildman–Crippen MR) is 83.7 cm³/mol. The van der Waals surface area contributed by atoms with Gasteiger partial charge in [-0.3, -0.25) is 4.79 Å². The van der Waals surface area contributed by atoms with Crippen LogP contribution in [0, 0.1) is 0 Å². The molecule has 2 N–H and O–H groups in total. The fraction of sp³-hybridized carbons (Fsp3) is 0.214. The van der Waals surface area contributed by atoms with Crippen molar-refractivity contribution in [2.24, 2.45) is 0 Å². The van der Waals surface area contributed by atoms with E-state index < -0.39 is 15.9 Å². The van der Waals surface area contributed by atoms with Crippen molar-refractivity contribution in [3.8, 4) is 0 Å². The molecule has 1 aromatic heterocycles. The maximum absolute atomic E-state index is 12.0. The average Bonchev–Trinajstić information content (AvgIpc) is 2.98. The number of benzene rings is 1. The maximum Gasteiger partial charge on any atom is 0.291 e. The molecule has 0 radical (unpaired) electrons. The van der Waals surface area contributed by atoms with Gasteiger partial charge in [0.2, 0.25) is 5.09 Å². The molecule has 0 spiro atoms. The van der Waals surface area contributed by atoms with Crippen molar-refractivity contribution in [3.05, 3.63) is 42.2 Å². The Bertz CT molecular complexity index is 764. The summed E-state index contributed by atoms with van der Waals surface area (Å²) in [5.74, 6) is -0.597. The second-order valence-corrected chi connectivity index (χ2v) is 6.54. The molecule has 22 heavy (non-hydrogen) atoms. The number of carbonyl (C=O) groups excluding carboxylic acids is 1.